The Hall–Kier alpha value is -4.18. The molecule has 4 aromatic rings. The summed E-state index contributed by atoms with van der Waals surface area (Å²) < 4.78 is 13.9. The first-order valence-corrected chi connectivity index (χ1v) is 11.0. The number of ether oxygens (including phenoxy) is 2. The molecule has 1 aliphatic carbocycles. The van der Waals surface area contributed by atoms with Gasteiger partial charge in [0.1, 0.15) is 11.9 Å². The van der Waals surface area contributed by atoms with Crippen LogP contribution in [0.4, 0.5) is 0 Å². The number of nitriles is 1. The number of fused-ring (bicyclic) bond motifs is 1. The van der Waals surface area contributed by atoms with Crippen molar-refractivity contribution < 1.29 is 9.47 Å². The highest BCUT2D eigenvalue weighted by atomic mass is 16.5. The number of rotatable bonds is 6. The smallest absolute Gasteiger partial charge is 0.168 e. The normalized spacial score (nSPS) is 14.1. The van der Waals surface area contributed by atoms with Crippen molar-refractivity contribution in [2.45, 2.75) is 31.8 Å². The fraction of sp³-hybridized carbons (Fsp3) is 0.231. The molecule has 0 unspecified atom stereocenters. The number of benzene rings is 2. The molecule has 0 bridgehead atoms. The van der Waals surface area contributed by atoms with Crippen LogP contribution in [-0.4, -0.2) is 33.0 Å². The first kappa shape index (κ1) is 20.7. The standard InChI is InChI=1S/C26H23N5O2/c1-32-23-12-6-7-18(26(23)33-20-8-2-3-9-20)13-15-24-28-21-10-4-5-11-22(21)31(24)25-16-14-19(17-27)29-30-25/h4-7,10-16,20H,2-3,8-9H2,1H3/b15-13+. The van der Waals surface area contributed by atoms with Crippen LogP contribution in [0.5, 0.6) is 11.5 Å². The number of hydrogen-bond donors (Lipinski definition) is 0. The molecule has 1 saturated carbocycles. The van der Waals surface area contributed by atoms with Gasteiger partial charge < -0.3 is 9.47 Å². The monoisotopic (exact) mass is 437 g/mol. The number of imidazole rings is 1. The van der Waals surface area contributed by atoms with E-state index in [0.717, 1.165) is 40.9 Å². The van der Waals surface area contributed by atoms with Crippen LogP contribution in [0, 0.1) is 11.3 Å². The average molecular weight is 438 g/mol. The maximum Gasteiger partial charge on any atom is 0.168 e. The van der Waals surface area contributed by atoms with E-state index in [-0.39, 0.29) is 11.8 Å². The van der Waals surface area contributed by atoms with Gasteiger partial charge in [-0.25, -0.2) is 4.98 Å². The Morgan fingerprint density at radius 1 is 1.00 bits per heavy atom. The molecule has 0 spiro atoms. The zero-order valence-electron chi connectivity index (χ0n) is 18.3. The van der Waals surface area contributed by atoms with Gasteiger partial charge in [-0.1, -0.05) is 24.3 Å². The fourth-order valence-corrected chi connectivity index (χ4v) is 4.19. The van der Waals surface area contributed by atoms with E-state index in [1.807, 2.05) is 65.3 Å². The summed E-state index contributed by atoms with van der Waals surface area (Å²) in [5.41, 5.74) is 2.94. The minimum atomic E-state index is 0.215. The van der Waals surface area contributed by atoms with Gasteiger partial charge in [0.2, 0.25) is 0 Å². The topological polar surface area (TPSA) is 85.9 Å². The summed E-state index contributed by atoms with van der Waals surface area (Å²) in [6.07, 6.45) is 8.66. The summed E-state index contributed by atoms with van der Waals surface area (Å²) in [4.78, 5) is 4.79. The lowest BCUT2D eigenvalue weighted by atomic mass is 10.1. The molecule has 2 aromatic heterocycles. The maximum atomic E-state index is 9.06. The van der Waals surface area contributed by atoms with E-state index < -0.39 is 0 Å². The molecule has 1 fully saturated rings. The van der Waals surface area contributed by atoms with Crippen molar-refractivity contribution in [3.05, 3.63) is 71.7 Å². The second-order valence-corrected chi connectivity index (χ2v) is 7.92. The Kier molecular flexibility index (Phi) is 5.73. The van der Waals surface area contributed by atoms with Crippen LogP contribution in [0.3, 0.4) is 0 Å². The van der Waals surface area contributed by atoms with Gasteiger partial charge in [0.15, 0.2) is 23.0 Å². The molecule has 7 heteroatoms. The van der Waals surface area contributed by atoms with Gasteiger partial charge in [0, 0.05) is 5.56 Å². The zero-order chi connectivity index (χ0) is 22.6. The highest BCUT2D eigenvalue weighted by molar-refractivity contribution is 5.82. The van der Waals surface area contributed by atoms with Crippen molar-refractivity contribution in [2.24, 2.45) is 0 Å². The van der Waals surface area contributed by atoms with Crippen molar-refractivity contribution in [3.8, 4) is 23.4 Å². The summed E-state index contributed by atoms with van der Waals surface area (Å²) in [6.45, 7) is 0. The van der Waals surface area contributed by atoms with Crippen LogP contribution >= 0.6 is 0 Å². The average Bonchev–Trinajstić information content (AvgIpc) is 3.51. The minimum absolute atomic E-state index is 0.215. The Balaban J connectivity index is 1.57. The molecule has 0 aliphatic heterocycles. The minimum Gasteiger partial charge on any atom is -0.493 e. The molecular formula is C26H23N5O2. The van der Waals surface area contributed by atoms with E-state index in [9.17, 15) is 0 Å². The SMILES string of the molecule is COc1cccc(/C=C/c2nc3ccccc3n2-c2ccc(C#N)nn2)c1OC1CCCC1. The van der Waals surface area contributed by atoms with Gasteiger partial charge in [-0.15, -0.1) is 10.2 Å². The lowest BCUT2D eigenvalue weighted by Crippen LogP contribution is -2.12. The molecule has 2 aromatic carbocycles. The molecule has 0 radical (unpaired) electrons. The number of aromatic nitrogens is 4. The van der Waals surface area contributed by atoms with E-state index in [4.69, 9.17) is 19.7 Å². The highest BCUT2D eigenvalue weighted by Gasteiger charge is 2.20. The third-order valence-corrected chi connectivity index (χ3v) is 5.81. The van der Waals surface area contributed by atoms with Gasteiger partial charge in [0.05, 0.1) is 24.2 Å². The molecule has 0 atom stereocenters. The first-order chi connectivity index (χ1) is 16.3. The number of hydrogen-bond acceptors (Lipinski definition) is 6. The van der Waals surface area contributed by atoms with Crippen LogP contribution < -0.4 is 9.47 Å². The van der Waals surface area contributed by atoms with Crippen LogP contribution in [-0.2, 0) is 0 Å². The molecule has 0 amide bonds. The predicted octanol–water partition coefficient (Wildman–Crippen LogP) is 5.19. The van der Waals surface area contributed by atoms with Crippen LogP contribution in [0.25, 0.3) is 29.0 Å². The molecule has 5 rings (SSSR count). The van der Waals surface area contributed by atoms with E-state index in [0.29, 0.717) is 11.6 Å². The van der Waals surface area contributed by atoms with Gasteiger partial charge >= 0.3 is 0 Å². The van der Waals surface area contributed by atoms with Gasteiger partial charge in [-0.2, -0.15) is 5.26 Å². The molecule has 164 valence electrons. The van der Waals surface area contributed by atoms with Crippen molar-refractivity contribution >= 4 is 23.2 Å². The van der Waals surface area contributed by atoms with Crippen molar-refractivity contribution in [3.63, 3.8) is 0 Å². The number of methoxy groups -OCH3 is 1. The van der Waals surface area contributed by atoms with Crippen LogP contribution in [0.2, 0.25) is 0 Å². The first-order valence-electron chi connectivity index (χ1n) is 11.0. The van der Waals surface area contributed by atoms with Gasteiger partial charge in [0.25, 0.3) is 0 Å². The van der Waals surface area contributed by atoms with Crippen molar-refractivity contribution in [1.29, 1.82) is 5.26 Å². The quantitative estimate of drug-likeness (QED) is 0.413. The largest absolute Gasteiger partial charge is 0.493 e. The Bertz CT molecular complexity index is 1350. The predicted molar refractivity (Wildman–Crippen MR) is 126 cm³/mol. The Labute approximate surface area is 191 Å². The molecular weight excluding hydrogens is 414 g/mol. The molecule has 33 heavy (non-hydrogen) atoms. The second-order valence-electron chi connectivity index (χ2n) is 7.92. The van der Waals surface area contributed by atoms with E-state index in [2.05, 4.69) is 10.2 Å². The van der Waals surface area contributed by atoms with Crippen molar-refractivity contribution in [2.75, 3.05) is 7.11 Å². The summed E-state index contributed by atoms with van der Waals surface area (Å²) in [7, 11) is 1.66. The molecule has 1 aliphatic rings. The van der Waals surface area contributed by atoms with Crippen molar-refractivity contribution in [1.82, 2.24) is 19.7 Å². The number of nitrogens with zero attached hydrogens (tertiary/aromatic N) is 5. The van der Waals surface area contributed by atoms with Crippen LogP contribution in [0.15, 0.2) is 54.6 Å². The van der Waals surface area contributed by atoms with Crippen LogP contribution in [0.1, 0.15) is 42.8 Å². The van der Waals surface area contributed by atoms with E-state index >= 15 is 0 Å². The third kappa shape index (κ3) is 4.15. The fourth-order valence-electron chi connectivity index (χ4n) is 4.19. The molecule has 2 heterocycles. The zero-order valence-corrected chi connectivity index (χ0v) is 18.3. The number of para-hydroxylation sites is 3. The Morgan fingerprint density at radius 3 is 2.61 bits per heavy atom. The van der Waals surface area contributed by atoms with E-state index in [1.165, 1.54) is 12.8 Å². The molecule has 0 saturated heterocycles. The summed E-state index contributed by atoms with van der Waals surface area (Å²) in [5.74, 6) is 2.76. The molecule has 7 nitrogen and oxygen atoms in total. The lowest BCUT2D eigenvalue weighted by molar-refractivity contribution is 0.200. The van der Waals surface area contributed by atoms with Gasteiger partial charge in [-0.05, 0) is 68.2 Å². The summed E-state index contributed by atoms with van der Waals surface area (Å²) in [5, 5.41) is 17.3. The van der Waals surface area contributed by atoms with E-state index in [1.54, 1.807) is 19.2 Å². The molecule has 0 N–H and O–H groups in total. The van der Waals surface area contributed by atoms with Gasteiger partial charge in [-0.3, -0.25) is 4.57 Å². The second kappa shape index (κ2) is 9.13. The highest BCUT2D eigenvalue weighted by Crippen LogP contribution is 2.36. The lowest BCUT2D eigenvalue weighted by Gasteiger charge is -2.18. The maximum absolute atomic E-state index is 9.06. The summed E-state index contributed by atoms with van der Waals surface area (Å²) >= 11 is 0. The third-order valence-electron chi connectivity index (χ3n) is 5.81. The Morgan fingerprint density at radius 2 is 1.85 bits per heavy atom. The summed E-state index contributed by atoms with van der Waals surface area (Å²) in [6, 6.07) is 19.2.